The van der Waals surface area contributed by atoms with Crippen LogP contribution >= 0.6 is 11.6 Å². The van der Waals surface area contributed by atoms with E-state index in [0.717, 1.165) is 18.2 Å². The lowest BCUT2D eigenvalue weighted by atomic mass is 10.1. The number of halogens is 4. The summed E-state index contributed by atoms with van der Waals surface area (Å²) in [4.78, 5) is 0. The maximum absolute atomic E-state index is 12.3. The van der Waals surface area contributed by atoms with E-state index in [1.54, 1.807) is 6.07 Å². The van der Waals surface area contributed by atoms with Crippen molar-refractivity contribution in [3.05, 3.63) is 34.3 Å². The van der Waals surface area contributed by atoms with Gasteiger partial charge in [0.2, 0.25) is 0 Å². The lowest BCUT2D eigenvalue weighted by Gasteiger charge is -2.07. The molecule has 0 saturated heterocycles. The lowest BCUT2D eigenvalue weighted by molar-refractivity contribution is -0.137. The molecule has 0 N–H and O–H groups in total. The third-order valence-electron chi connectivity index (χ3n) is 1.68. The van der Waals surface area contributed by atoms with E-state index in [4.69, 9.17) is 16.9 Å². The van der Waals surface area contributed by atoms with Crippen molar-refractivity contribution < 1.29 is 13.2 Å². The summed E-state index contributed by atoms with van der Waals surface area (Å²) in [6, 6.07) is 4.66. The van der Waals surface area contributed by atoms with Crippen LogP contribution in [0.15, 0.2) is 18.2 Å². The smallest absolute Gasteiger partial charge is 0.197 e. The highest BCUT2D eigenvalue weighted by molar-refractivity contribution is 6.31. The van der Waals surface area contributed by atoms with Crippen LogP contribution in [0.2, 0.25) is 5.02 Å². The van der Waals surface area contributed by atoms with E-state index in [1.165, 1.54) is 0 Å². The molecule has 1 nitrogen and oxygen atoms in total. The number of benzene rings is 1. The molecule has 0 saturated carbocycles. The molecule has 0 aromatic heterocycles. The van der Waals surface area contributed by atoms with Gasteiger partial charge in [-0.15, -0.1) is 0 Å². The Bertz CT molecular complexity index is 489. The average molecular weight is 244 g/mol. The molecule has 0 aliphatic carbocycles. The third-order valence-corrected chi connectivity index (χ3v) is 2.01. The predicted molar refractivity (Wildman–Crippen MR) is 53.6 cm³/mol. The van der Waals surface area contributed by atoms with Gasteiger partial charge in [-0.2, -0.15) is 18.4 Å². The highest BCUT2D eigenvalue weighted by Crippen LogP contribution is 2.31. The topological polar surface area (TPSA) is 23.8 Å². The van der Waals surface area contributed by atoms with Gasteiger partial charge in [0.25, 0.3) is 0 Å². The van der Waals surface area contributed by atoms with Crippen LogP contribution < -0.4 is 0 Å². The van der Waals surface area contributed by atoms with E-state index in [2.05, 4.69) is 11.8 Å². The Morgan fingerprint density at radius 2 is 2.00 bits per heavy atom. The second-order valence-corrected chi connectivity index (χ2v) is 3.24. The van der Waals surface area contributed by atoms with Crippen molar-refractivity contribution in [2.75, 3.05) is 0 Å². The molecule has 0 heterocycles. The molecule has 5 heteroatoms. The van der Waals surface area contributed by atoms with Crippen molar-refractivity contribution in [2.45, 2.75) is 12.6 Å². The first-order chi connectivity index (χ1) is 7.45. The zero-order valence-corrected chi connectivity index (χ0v) is 8.65. The van der Waals surface area contributed by atoms with E-state index in [1.807, 2.05) is 0 Å². The van der Waals surface area contributed by atoms with E-state index < -0.39 is 11.7 Å². The summed E-state index contributed by atoms with van der Waals surface area (Å²) in [5.74, 6) is 4.83. The minimum atomic E-state index is -4.42. The fraction of sp³-hybridized carbons (Fsp3) is 0.182. The SMILES string of the molecule is N#CCC#Cc1cc(C(F)(F)F)ccc1Cl. The van der Waals surface area contributed by atoms with Crippen molar-refractivity contribution in [3.63, 3.8) is 0 Å². The summed E-state index contributed by atoms with van der Waals surface area (Å²) < 4.78 is 37.0. The van der Waals surface area contributed by atoms with Crippen LogP contribution in [0, 0.1) is 23.2 Å². The fourth-order valence-corrected chi connectivity index (χ4v) is 1.14. The molecule has 1 rings (SSSR count). The van der Waals surface area contributed by atoms with Gasteiger partial charge in [0.05, 0.1) is 23.1 Å². The van der Waals surface area contributed by atoms with E-state index in [-0.39, 0.29) is 17.0 Å². The molecule has 1 aromatic carbocycles. The van der Waals surface area contributed by atoms with E-state index in [9.17, 15) is 13.2 Å². The Balaban J connectivity index is 3.12. The molecule has 0 atom stereocenters. The summed E-state index contributed by atoms with van der Waals surface area (Å²) in [5.41, 5.74) is -0.732. The number of alkyl halides is 3. The molecular formula is C11H5ClF3N. The van der Waals surface area contributed by atoms with Crippen molar-refractivity contribution in [2.24, 2.45) is 0 Å². The fourth-order valence-electron chi connectivity index (χ4n) is 0.976. The Labute approximate surface area is 95.4 Å². The van der Waals surface area contributed by atoms with Crippen molar-refractivity contribution in [1.29, 1.82) is 5.26 Å². The van der Waals surface area contributed by atoms with Gasteiger partial charge < -0.3 is 0 Å². The van der Waals surface area contributed by atoms with E-state index in [0.29, 0.717) is 0 Å². The average Bonchev–Trinajstić information content (AvgIpc) is 2.19. The summed E-state index contributed by atoms with van der Waals surface area (Å²) >= 11 is 5.67. The molecule has 0 bridgehead atoms. The first kappa shape index (κ1) is 12.4. The first-order valence-corrected chi connectivity index (χ1v) is 4.55. The first-order valence-electron chi connectivity index (χ1n) is 4.17. The maximum Gasteiger partial charge on any atom is 0.416 e. The number of hydrogen-bond acceptors (Lipinski definition) is 1. The molecule has 0 radical (unpaired) electrons. The summed E-state index contributed by atoms with van der Waals surface area (Å²) in [7, 11) is 0. The maximum atomic E-state index is 12.3. The minimum absolute atomic E-state index is 0.0490. The third kappa shape index (κ3) is 3.18. The Morgan fingerprint density at radius 1 is 1.31 bits per heavy atom. The van der Waals surface area contributed by atoms with Crippen LogP contribution in [-0.4, -0.2) is 0 Å². The summed E-state index contributed by atoms with van der Waals surface area (Å²) in [5, 5.41) is 8.37. The van der Waals surface area contributed by atoms with Crippen LogP contribution in [-0.2, 0) is 6.18 Å². The highest BCUT2D eigenvalue weighted by Gasteiger charge is 2.30. The zero-order valence-electron chi connectivity index (χ0n) is 7.90. The molecular weight excluding hydrogens is 239 g/mol. The highest BCUT2D eigenvalue weighted by atomic mass is 35.5. The number of nitrogens with zero attached hydrogens (tertiary/aromatic N) is 1. The van der Waals surface area contributed by atoms with Gasteiger partial charge in [-0.25, -0.2) is 0 Å². The Morgan fingerprint density at radius 3 is 2.56 bits per heavy atom. The second-order valence-electron chi connectivity index (χ2n) is 2.83. The van der Waals surface area contributed by atoms with E-state index >= 15 is 0 Å². The van der Waals surface area contributed by atoms with Gasteiger partial charge in [0.1, 0.15) is 0 Å². The molecule has 0 spiro atoms. The molecule has 82 valence electrons. The van der Waals surface area contributed by atoms with Gasteiger partial charge in [-0.3, -0.25) is 0 Å². The van der Waals surface area contributed by atoms with Gasteiger partial charge in [0.15, 0.2) is 0 Å². The minimum Gasteiger partial charge on any atom is -0.197 e. The predicted octanol–water partition coefficient (Wildman–Crippen LogP) is 3.62. The monoisotopic (exact) mass is 243 g/mol. The quantitative estimate of drug-likeness (QED) is 0.639. The number of hydrogen-bond donors (Lipinski definition) is 0. The van der Waals surface area contributed by atoms with Gasteiger partial charge in [-0.05, 0) is 18.2 Å². The molecule has 0 fully saturated rings. The Kier molecular flexibility index (Phi) is 3.82. The van der Waals surface area contributed by atoms with Crippen LogP contribution in [0.5, 0.6) is 0 Å². The van der Waals surface area contributed by atoms with Crippen molar-refractivity contribution >= 4 is 11.6 Å². The molecule has 16 heavy (non-hydrogen) atoms. The zero-order chi connectivity index (χ0) is 12.2. The van der Waals surface area contributed by atoms with Crippen molar-refractivity contribution in [1.82, 2.24) is 0 Å². The lowest BCUT2D eigenvalue weighted by Crippen LogP contribution is -2.04. The van der Waals surface area contributed by atoms with Gasteiger partial charge in [0, 0.05) is 5.56 Å². The second kappa shape index (κ2) is 4.92. The van der Waals surface area contributed by atoms with Crippen LogP contribution in [0.1, 0.15) is 17.5 Å². The molecule has 0 aliphatic heterocycles. The van der Waals surface area contributed by atoms with Gasteiger partial charge in [-0.1, -0.05) is 23.4 Å². The largest absolute Gasteiger partial charge is 0.416 e. The van der Waals surface area contributed by atoms with Gasteiger partial charge >= 0.3 is 6.18 Å². The van der Waals surface area contributed by atoms with Crippen LogP contribution in [0.4, 0.5) is 13.2 Å². The van der Waals surface area contributed by atoms with Crippen molar-refractivity contribution in [3.8, 4) is 17.9 Å². The van der Waals surface area contributed by atoms with Crippen LogP contribution in [0.3, 0.4) is 0 Å². The molecule has 0 amide bonds. The number of rotatable bonds is 0. The molecule has 1 aromatic rings. The van der Waals surface area contributed by atoms with Crippen LogP contribution in [0.25, 0.3) is 0 Å². The summed E-state index contributed by atoms with van der Waals surface area (Å²) in [6.45, 7) is 0. The standard InChI is InChI=1S/C11H5ClF3N/c12-10-5-4-9(11(13,14)15)7-8(10)3-1-2-6-16/h4-5,7H,2H2. The molecule has 0 unspecified atom stereocenters. The Hall–Kier alpha value is -1.65. The number of nitriles is 1. The molecule has 0 aliphatic rings. The normalized spacial score (nSPS) is 10.2. The summed E-state index contributed by atoms with van der Waals surface area (Å²) in [6.07, 6.45) is -4.47.